The molecule has 0 radical (unpaired) electrons. The molecule has 86 valence electrons. The summed E-state index contributed by atoms with van der Waals surface area (Å²) in [4.78, 5) is 1.23. The molecule has 2 rings (SSSR count). The third kappa shape index (κ3) is 2.67. The monoisotopic (exact) mass is 273 g/mol. The molecule has 0 amide bonds. The van der Waals surface area contributed by atoms with E-state index in [0.717, 1.165) is 22.7 Å². The molecular formula is C11H12ClNOS2. The number of benzene rings is 1. The summed E-state index contributed by atoms with van der Waals surface area (Å²) >= 11 is 9.11. The maximum absolute atomic E-state index is 6.00. The Hall–Kier alpha value is -0.320. The van der Waals surface area contributed by atoms with Gasteiger partial charge in [0.25, 0.3) is 0 Å². The zero-order chi connectivity index (χ0) is 11.5. The maximum Gasteiger partial charge on any atom is 0.0907 e. The molecule has 1 aromatic carbocycles. The van der Waals surface area contributed by atoms with Crippen molar-refractivity contribution in [2.75, 3.05) is 6.26 Å². The fraction of sp³-hybridized carbons (Fsp3) is 0.364. The molecule has 1 unspecified atom stereocenters. The molecule has 0 bridgehead atoms. The van der Waals surface area contributed by atoms with E-state index in [0.29, 0.717) is 5.25 Å². The second kappa shape index (κ2) is 5.34. The predicted molar refractivity (Wildman–Crippen MR) is 72.5 cm³/mol. The van der Waals surface area contributed by atoms with Crippen molar-refractivity contribution in [1.82, 2.24) is 0 Å². The molecule has 0 saturated heterocycles. The van der Waals surface area contributed by atoms with Crippen LogP contribution in [0.15, 0.2) is 28.3 Å². The van der Waals surface area contributed by atoms with Gasteiger partial charge in [0.1, 0.15) is 0 Å². The predicted octanol–water partition coefficient (Wildman–Crippen LogP) is 4.22. The first kappa shape index (κ1) is 12.1. The molecule has 1 aromatic rings. The van der Waals surface area contributed by atoms with Crippen LogP contribution in [0.5, 0.6) is 0 Å². The third-order valence-corrected chi connectivity index (χ3v) is 3.92. The molecule has 0 fully saturated rings. The normalized spacial score (nSPS) is 21.9. The van der Waals surface area contributed by atoms with Crippen molar-refractivity contribution in [2.45, 2.75) is 23.5 Å². The number of hydrogen-bond acceptors (Lipinski definition) is 4. The van der Waals surface area contributed by atoms with Crippen LogP contribution in [-0.4, -0.2) is 17.2 Å². The average Bonchev–Trinajstić information content (AvgIpc) is 2.26. The highest BCUT2D eigenvalue weighted by atomic mass is 35.5. The van der Waals surface area contributed by atoms with Crippen LogP contribution in [0.3, 0.4) is 0 Å². The number of rotatable bonds is 2. The Morgan fingerprint density at radius 3 is 3.12 bits per heavy atom. The van der Waals surface area contributed by atoms with E-state index in [1.54, 1.807) is 0 Å². The topological polar surface area (TPSA) is 21.6 Å². The lowest BCUT2D eigenvalue weighted by molar-refractivity contribution is 0.406. The van der Waals surface area contributed by atoms with Gasteiger partial charge in [-0.2, -0.15) is 0 Å². The Morgan fingerprint density at radius 1 is 1.56 bits per heavy atom. The van der Waals surface area contributed by atoms with Crippen molar-refractivity contribution in [3.05, 3.63) is 28.8 Å². The lowest BCUT2D eigenvalue weighted by Gasteiger charge is -2.22. The van der Waals surface area contributed by atoms with Gasteiger partial charge in [-0.3, -0.25) is 0 Å². The molecule has 2 nitrogen and oxygen atoms in total. The van der Waals surface area contributed by atoms with Crippen LogP contribution in [0.4, 0.5) is 0 Å². The summed E-state index contributed by atoms with van der Waals surface area (Å²) in [6.45, 7) is 2.19. The van der Waals surface area contributed by atoms with Gasteiger partial charge in [-0.05, 0) is 18.2 Å². The molecule has 0 aromatic heterocycles. The standard InChI is InChI=1S/C11H12ClNOS2/c1-7-5-10(13-14-15-2)9-6-8(12)3-4-11(9)16-7/h3-4,6-7H,5H2,1-2H3/b13-10+. The maximum atomic E-state index is 6.00. The van der Waals surface area contributed by atoms with Gasteiger partial charge in [0.15, 0.2) is 0 Å². The number of oxime groups is 1. The first-order valence-electron chi connectivity index (χ1n) is 4.94. The van der Waals surface area contributed by atoms with E-state index < -0.39 is 0 Å². The number of hydrogen-bond donors (Lipinski definition) is 0. The van der Waals surface area contributed by atoms with Gasteiger partial charge in [-0.15, -0.1) is 11.8 Å². The van der Waals surface area contributed by atoms with Crippen LogP contribution in [0.25, 0.3) is 0 Å². The highest BCUT2D eigenvalue weighted by Gasteiger charge is 2.22. The minimum atomic E-state index is 0.526. The molecule has 0 spiro atoms. The highest BCUT2D eigenvalue weighted by Crippen LogP contribution is 2.36. The Labute approximate surface area is 109 Å². The van der Waals surface area contributed by atoms with E-state index in [-0.39, 0.29) is 0 Å². The van der Waals surface area contributed by atoms with Crippen LogP contribution < -0.4 is 0 Å². The molecule has 0 saturated carbocycles. The molecule has 1 aliphatic rings. The minimum absolute atomic E-state index is 0.526. The summed E-state index contributed by atoms with van der Waals surface area (Å²) in [6.07, 6.45) is 2.77. The lowest BCUT2D eigenvalue weighted by Crippen LogP contribution is -2.15. The summed E-state index contributed by atoms with van der Waals surface area (Å²) < 4.78 is 5.07. The zero-order valence-electron chi connectivity index (χ0n) is 9.07. The Morgan fingerprint density at radius 2 is 2.38 bits per heavy atom. The molecule has 1 atom stereocenters. The van der Waals surface area contributed by atoms with Gasteiger partial charge in [-0.1, -0.05) is 23.7 Å². The first-order chi connectivity index (χ1) is 7.70. The summed E-state index contributed by atoms with van der Waals surface area (Å²) in [5, 5.41) is 5.41. The number of fused-ring (bicyclic) bond motifs is 1. The van der Waals surface area contributed by atoms with Gasteiger partial charge >= 0.3 is 0 Å². The number of thioether (sulfide) groups is 1. The van der Waals surface area contributed by atoms with Gasteiger partial charge in [0.2, 0.25) is 0 Å². The molecule has 16 heavy (non-hydrogen) atoms. The number of halogens is 1. The highest BCUT2D eigenvalue weighted by molar-refractivity contribution is 8.00. The third-order valence-electron chi connectivity index (χ3n) is 2.28. The minimum Gasteiger partial charge on any atom is -0.322 e. The van der Waals surface area contributed by atoms with E-state index >= 15 is 0 Å². The lowest BCUT2D eigenvalue weighted by atomic mass is 10.1. The van der Waals surface area contributed by atoms with E-state index in [2.05, 4.69) is 12.1 Å². The van der Waals surface area contributed by atoms with Crippen molar-refractivity contribution in [3.8, 4) is 0 Å². The fourth-order valence-corrected chi connectivity index (χ4v) is 3.10. The largest absolute Gasteiger partial charge is 0.322 e. The Kier molecular flexibility index (Phi) is 4.05. The van der Waals surface area contributed by atoms with Gasteiger partial charge < -0.3 is 4.28 Å². The van der Waals surface area contributed by atoms with Crippen LogP contribution in [0.1, 0.15) is 18.9 Å². The zero-order valence-corrected chi connectivity index (χ0v) is 11.5. The van der Waals surface area contributed by atoms with Gasteiger partial charge in [0.05, 0.1) is 17.8 Å². The molecule has 1 aliphatic heterocycles. The first-order valence-corrected chi connectivity index (χ1v) is 7.34. The summed E-state index contributed by atoms with van der Waals surface area (Å²) in [6, 6.07) is 5.92. The second-order valence-corrected chi connectivity index (χ2v) is 5.95. The van der Waals surface area contributed by atoms with E-state index in [1.807, 2.05) is 36.2 Å². The fourth-order valence-electron chi connectivity index (χ4n) is 1.64. The van der Waals surface area contributed by atoms with Crippen molar-refractivity contribution in [3.63, 3.8) is 0 Å². The molecule has 1 heterocycles. The molecule has 0 aliphatic carbocycles. The Bertz CT molecular complexity index is 422. The van der Waals surface area contributed by atoms with Crippen LogP contribution in [-0.2, 0) is 4.28 Å². The smallest absolute Gasteiger partial charge is 0.0907 e. The van der Waals surface area contributed by atoms with Crippen LogP contribution >= 0.6 is 35.4 Å². The SMILES string of the molecule is CSO/N=C1\CC(C)Sc2ccc(Cl)cc21. The molecular weight excluding hydrogens is 262 g/mol. The van der Waals surface area contributed by atoms with E-state index in [4.69, 9.17) is 15.9 Å². The quantitative estimate of drug-likeness (QED) is 0.595. The second-order valence-electron chi connectivity index (χ2n) is 3.55. The number of nitrogens with zero attached hydrogens (tertiary/aromatic N) is 1. The molecule has 0 N–H and O–H groups in total. The van der Waals surface area contributed by atoms with Gasteiger partial charge in [-0.25, -0.2) is 0 Å². The summed E-state index contributed by atoms with van der Waals surface area (Å²) in [5.74, 6) is 0. The average molecular weight is 274 g/mol. The van der Waals surface area contributed by atoms with E-state index in [9.17, 15) is 0 Å². The van der Waals surface area contributed by atoms with Crippen molar-refractivity contribution in [1.29, 1.82) is 0 Å². The summed E-state index contributed by atoms with van der Waals surface area (Å²) in [7, 11) is 0. The Balaban J connectivity index is 2.39. The van der Waals surface area contributed by atoms with Crippen LogP contribution in [0.2, 0.25) is 5.02 Å². The van der Waals surface area contributed by atoms with Crippen molar-refractivity contribution >= 4 is 41.1 Å². The van der Waals surface area contributed by atoms with E-state index in [1.165, 1.54) is 16.9 Å². The van der Waals surface area contributed by atoms with Crippen molar-refractivity contribution < 1.29 is 4.28 Å². The van der Waals surface area contributed by atoms with Gasteiger partial charge in [0, 0.05) is 33.4 Å². The van der Waals surface area contributed by atoms with Crippen molar-refractivity contribution in [2.24, 2.45) is 5.16 Å². The summed E-state index contributed by atoms with van der Waals surface area (Å²) in [5.41, 5.74) is 2.09. The van der Waals surface area contributed by atoms with Crippen LogP contribution in [0, 0.1) is 0 Å². The molecule has 5 heteroatoms.